The lowest BCUT2D eigenvalue weighted by Crippen LogP contribution is -2.38. The van der Waals surface area contributed by atoms with Gasteiger partial charge in [-0.25, -0.2) is 0 Å². The van der Waals surface area contributed by atoms with Crippen molar-refractivity contribution in [2.24, 2.45) is 0 Å². The highest BCUT2D eigenvalue weighted by Crippen LogP contribution is 2.07. The van der Waals surface area contributed by atoms with Crippen LogP contribution in [0.15, 0.2) is 36.0 Å². The number of amides is 1. The second-order valence-corrected chi connectivity index (χ2v) is 4.55. The molecule has 0 atom stereocenters. The molecule has 20 heavy (non-hydrogen) atoms. The first-order valence-electron chi connectivity index (χ1n) is 6.84. The molecule has 1 aromatic rings. The third kappa shape index (κ3) is 3.95. The summed E-state index contributed by atoms with van der Waals surface area (Å²) in [5.41, 5.74) is 1.63. The fourth-order valence-electron chi connectivity index (χ4n) is 1.94. The second kappa shape index (κ2) is 7.48. The first-order valence-corrected chi connectivity index (χ1v) is 6.84. The number of benzene rings is 1. The highest BCUT2D eigenvalue weighted by atomic mass is 16.5. The summed E-state index contributed by atoms with van der Waals surface area (Å²) in [6, 6.07) is 9.57. The van der Waals surface area contributed by atoms with Gasteiger partial charge in [-0.2, -0.15) is 4.74 Å². The predicted molar refractivity (Wildman–Crippen MR) is 82.3 cm³/mol. The lowest BCUT2D eigenvalue weighted by Gasteiger charge is -2.18. The average Bonchev–Trinajstić information content (AvgIpc) is 2.47. The zero-order chi connectivity index (χ0) is 15.1. The minimum absolute atomic E-state index is 0.193. The van der Waals surface area contributed by atoms with Crippen molar-refractivity contribution in [3.63, 3.8) is 0 Å². The summed E-state index contributed by atoms with van der Waals surface area (Å²) in [4.78, 5) is 13.8. The van der Waals surface area contributed by atoms with Crippen LogP contribution in [0.5, 0.6) is 0 Å². The zero-order valence-corrected chi connectivity index (χ0v) is 12.6. The van der Waals surface area contributed by atoms with Crippen molar-refractivity contribution in [1.29, 1.82) is 0 Å². The summed E-state index contributed by atoms with van der Waals surface area (Å²) < 4.78 is 0.702. The van der Waals surface area contributed by atoms with Crippen molar-refractivity contribution in [2.45, 2.75) is 27.7 Å². The number of carbonyl (C=O) groups is 1. The number of carbonyl (C=O) groups excluding carboxylic acids is 1. The normalized spacial score (nSPS) is 12.9. The Morgan fingerprint density at radius 1 is 1.20 bits per heavy atom. The van der Waals surface area contributed by atoms with Gasteiger partial charge in [0.25, 0.3) is 5.71 Å². The first-order chi connectivity index (χ1) is 9.51. The fraction of sp³-hybridized carbons (Fsp3) is 0.375. The van der Waals surface area contributed by atoms with E-state index in [0.29, 0.717) is 23.5 Å². The third-order valence-electron chi connectivity index (χ3n) is 3.16. The molecule has 0 aliphatic heterocycles. The van der Waals surface area contributed by atoms with Crippen molar-refractivity contribution in [3.05, 3.63) is 46.8 Å². The van der Waals surface area contributed by atoms with Gasteiger partial charge in [0.2, 0.25) is 0 Å². The molecule has 1 amide bonds. The molecule has 0 heterocycles. The maximum atomic E-state index is 12.2. The lowest BCUT2D eigenvalue weighted by molar-refractivity contribution is -0.399. The molecular weight excluding hydrogens is 252 g/mol. The molecule has 0 saturated heterocycles. The second-order valence-electron chi connectivity index (χ2n) is 4.55. The summed E-state index contributed by atoms with van der Waals surface area (Å²) in [5.74, 6) is -0.217. The van der Waals surface area contributed by atoms with E-state index in [0.717, 1.165) is 5.56 Å². The van der Waals surface area contributed by atoms with Gasteiger partial charge < -0.3 is 10.1 Å². The van der Waals surface area contributed by atoms with E-state index >= 15 is 0 Å². The maximum absolute atomic E-state index is 12.2. The average molecular weight is 274 g/mol. The quantitative estimate of drug-likeness (QED) is 0.359. The van der Waals surface area contributed by atoms with Crippen LogP contribution in [0, 0.1) is 5.21 Å². The van der Waals surface area contributed by atoms with Crippen molar-refractivity contribution in [2.75, 3.05) is 13.1 Å². The Hall–Kier alpha value is -2.10. The van der Waals surface area contributed by atoms with E-state index < -0.39 is 0 Å². The number of nitrogens with zero attached hydrogens (tertiary/aromatic N) is 2. The number of allylic oxidation sites excluding steroid dienone is 1. The van der Waals surface area contributed by atoms with Gasteiger partial charge in [0.15, 0.2) is 5.70 Å². The smallest absolute Gasteiger partial charge is 0.315 e. The van der Waals surface area contributed by atoms with Gasteiger partial charge in [0, 0.05) is 33.0 Å². The van der Waals surface area contributed by atoms with E-state index in [1.807, 2.05) is 44.2 Å². The molecule has 1 aromatic carbocycles. The molecule has 0 unspecified atom stereocenters. The Morgan fingerprint density at radius 3 is 2.25 bits per heavy atom. The molecule has 0 fully saturated rings. The molecule has 0 spiro atoms. The van der Waals surface area contributed by atoms with Crippen molar-refractivity contribution in [3.8, 4) is 0 Å². The van der Waals surface area contributed by atoms with Crippen LogP contribution < -0.4 is 0 Å². The molecule has 4 heteroatoms. The fourth-order valence-corrected chi connectivity index (χ4v) is 1.94. The Balaban J connectivity index is 3.02. The SMILES string of the molecule is CCN(CC)C(=O)/C(C)=[N+]([O-])\C(C)=C\c1ccccc1. The predicted octanol–water partition coefficient (Wildman–Crippen LogP) is 2.89. The van der Waals surface area contributed by atoms with Gasteiger partial charge in [0.05, 0.1) is 0 Å². The number of hydrogen-bond donors (Lipinski definition) is 0. The third-order valence-corrected chi connectivity index (χ3v) is 3.16. The van der Waals surface area contributed by atoms with Crippen LogP contribution in [-0.4, -0.2) is 34.3 Å². The zero-order valence-electron chi connectivity index (χ0n) is 12.6. The van der Waals surface area contributed by atoms with Crippen LogP contribution in [-0.2, 0) is 4.79 Å². The molecule has 0 radical (unpaired) electrons. The van der Waals surface area contributed by atoms with E-state index in [9.17, 15) is 10.0 Å². The summed E-state index contributed by atoms with van der Waals surface area (Å²) in [5, 5.41) is 12.2. The van der Waals surface area contributed by atoms with Crippen molar-refractivity contribution < 1.29 is 9.53 Å². The van der Waals surface area contributed by atoms with Crippen LogP contribution in [0.4, 0.5) is 0 Å². The Morgan fingerprint density at radius 2 is 1.75 bits per heavy atom. The maximum Gasteiger partial charge on any atom is 0.315 e. The topological polar surface area (TPSA) is 46.4 Å². The minimum atomic E-state index is -0.217. The van der Waals surface area contributed by atoms with Crippen LogP contribution in [0.1, 0.15) is 33.3 Å². The molecule has 1 rings (SSSR count). The molecule has 0 aliphatic rings. The molecule has 108 valence electrons. The summed E-state index contributed by atoms with van der Waals surface area (Å²) in [6.07, 6.45) is 1.77. The van der Waals surface area contributed by atoms with E-state index in [1.54, 1.807) is 24.8 Å². The Bertz CT molecular complexity index is 515. The van der Waals surface area contributed by atoms with Crippen molar-refractivity contribution >= 4 is 17.7 Å². The summed E-state index contributed by atoms with van der Waals surface area (Å²) in [7, 11) is 0. The largest absolute Gasteiger partial charge is 0.618 e. The van der Waals surface area contributed by atoms with Gasteiger partial charge in [-0.1, -0.05) is 30.3 Å². The Kier molecular flexibility index (Phi) is 5.97. The van der Waals surface area contributed by atoms with Gasteiger partial charge in [-0.15, -0.1) is 0 Å². The van der Waals surface area contributed by atoms with Crippen LogP contribution >= 0.6 is 0 Å². The highest BCUT2D eigenvalue weighted by molar-refractivity contribution is 6.35. The molecule has 0 aromatic heterocycles. The van der Waals surface area contributed by atoms with Gasteiger partial charge in [-0.05, 0) is 19.4 Å². The standard InChI is InChI=1S/C16H22N2O2/c1-5-17(6-2)16(19)14(4)18(20)13(3)12-15-10-8-7-9-11-15/h7-12H,5-6H2,1-4H3/b13-12+,18-14+. The summed E-state index contributed by atoms with van der Waals surface area (Å²) in [6.45, 7) is 8.27. The molecule has 0 saturated carbocycles. The van der Waals surface area contributed by atoms with Crippen molar-refractivity contribution in [1.82, 2.24) is 4.90 Å². The number of hydrogen-bond acceptors (Lipinski definition) is 2. The molecule has 0 N–H and O–H groups in total. The van der Waals surface area contributed by atoms with Crippen LogP contribution in [0.25, 0.3) is 6.08 Å². The number of hydroxylamine groups is 1. The monoisotopic (exact) mass is 274 g/mol. The van der Waals surface area contributed by atoms with Crippen LogP contribution in [0.2, 0.25) is 0 Å². The van der Waals surface area contributed by atoms with E-state index in [1.165, 1.54) is 0 Å². The van der Waals surface area contributed by atoms with Crippen LogP contribution in [0.3, 0.4) is 0 Å². The molecule has 0 aliphatic carbocycles. The van der Waals surface area contributed by atoms with E-state index in [4.69, 9.17) is 0 Å². The van der Waals surface area contributed by atoms with Gasteiger partial charge in [-0.3, -0.25) is 4.79 Å². The first kappa shape index (κ1) is 16.0. The molecule has 0 bridgehead atoms. The molecular formula is C16H22N2O2. The molecule has 4 nitrogen and oxygen atoms in total. The lowest BCUT2D eigenvalue weighted by atomic mass is 10.2. The van der Waals surface area contributed by atoms with Gasteiger partial charge >= 0.3 is 5.91 Å². The Labute approximate surface area is 120 Å². The highest BCUT2D eigenvalue weighted by Gasteiger charge is 2.20. The van der Waals surface area contributed by atoms with E-state index in [2.05, 4.69) is 0 Å². The number of rotatable bonds is 5. The minimum Gasteiger partial charge on any atom is -0.618 e. The van der Waals surface area contributed by atoms with Gasteiger partial charge in [0.1, 0.15) is 0 Å². The summed E-state index contributed by atoms with van der Waals surface area (Å²) >= 11 is 0. The van der Waals surface area contributed by atoms with E-state index in [-0.39, 0.29) is 11.6 Å².